The maximum atomic E-state index is 5.83. The molecule has 138 valence electrons. The normalized spacial score (nSPS) is 18.2. The molecule has 1 rings (SSSR count). The van der Waals surface area contributed by atoms with Crippen molar-refractivity contribution in [3.63, 3.8) is 0 Å². The Morgan fingerprint density at radius 3 is 1.71 bits per heavy atom. The number of rotatable bonds is 11. The van der Waals surface area contributed by atoms with Crippen LogP contribution in [0.5, 0.6) is 0 Å². The smallest absolute Gasteiger partial charge is 0.785 e. The van der Waals surface area contributed by atoms with Gasteiger partial charge in [0, 0.05) is 12.1 Å². The van der Waals surface area contributed by atoms with Gasteiger partial charge >= 0.3 is 19.8 Å². The Morgan fingerprint density at radius 2 is 1.25 bits per heavy atom. The molecule has 0 saturated heterocycles. The molecule has 0 bridgehead atoms. The van der Waals surface area contributed by atoms with Gasteiger partial charge < -0.3 is 35.9 Å². The second kappa shape index (κ2) is 11.9. The SMILES string of the molecule is CCC([S-])(CC)CNCC1(NCC([S-])(CC)CC)CCCCC1.[Ga+3]. The monoisotopic (exact) mass is 427 g/mol. The first-order valence-corrected chi connectivity index (χ1v) is 10.5. The topological polar surface area (TPSA) is 24.1 Å². The average Bonchev–Trinajstić information content (AvgIpc) is 2.60. The van der Waals surface area contributed by atoms with Gasteiger partial charge in [0.15, 0.2) is 0 Å². The molecule has 0 aromatic carbocycles. The largest absolute Gasteiger partial charge is 3.00 e. The summed E-state index contributed by atoms with van der Waals surface area (Å²) in [5, 5.41) is 7.61. The molecule has 0 radical (unpaired) electrons. The molecule has 2 nitrogen and oxygen atoms in total. The minimum absolute atomic E-state index is 0. The molecule has 2 N–H and O–H groups in total. The fraction of sp³-hybridized carbons (Fsp3) is 1.00. The van der Waals surface area contributed by atoms with E-state index in [2.05, 4.69) is 38.3 Å². The van der Waals surface area contributed by atoms with Crippen molar-refractivity contribution in [1.82, 2.24) is 10.6 Å². The summed E-state index contributed by atoms with van der Waals surface area (Å²) in [5.41, 5.74) is 0.227. The molecule has 0 spiro atoms. The van der Waals surface area contributed by atoms with E-state index >= 15 is 0 Å². The van der Waals surface area contributed by atoms with Gasteiger partial charge in [-0.2, -0.15) is 0 Å². The summed E-state index contributed by atoms with van der Waals surface area (Å²) in [4.78, 5) is 0. The van der Waals surface area contributed by atoms with E-state index in [1.807, 2.05) is 0 Å². The summed E-state index contributed by atoms with van der Waals surface area (Å²) in [6.07, 6.45) is 10.8. The van der Waals surface area contributed by atoms with Crippen molar-refractivity contribution in [2.24, 2.45) is 0 Å². The van der Waals surface area contributed by atoms with Crippen molar-refractivity contribution < 1.29 is 0 Å². The van der Waals surface area contributed by atoms with Crippen molar-refractivity contribution in [2.75, 3.05) is 19.6 Å². The van der Waals surface area contributed by atoms with E-state index < -0.39 is 0 Å². The van der Waals surface area contributed by atoms with E-state index in [1.54, 1.807) is 0 Å². The minimum atomic E-state index is 0. The van der Waals surface area contributed by atoms with Gasteiger partial charge in [-0.05, 0) is 25.9 Å². The second-order valence-electron chi connectivity index (χ2n) is 7.58. The predicted molar refractivity (Wildman–Crippen MR) is 114 cm³/mol. The van der Waals surface area contributed by atoms with Gasteiger partial charge in [0.1, 0.15) is 0 Å². The number of hydrogen-bond donors (Lipinski definition) is 2. The van der Waals surface area contributed by atoms with Crippen LogP contribution in [0.3, 0.4) is 0 Å². The van der Waals surface area contributed by atoms with E-state index in [-0.39, 0.29) is 34.8 Å². The van der Waals surface area contributed by atoms with Gasteiger partial charge in [-0.15, -0.1) is 9.49 Å². The van der Waals surface area contributed by atoms with Crippen LogP contribution in [0.4, 0.5) is 0 Å². The maximum absolute atomic E-state index is 5.83. The van der Waals surface area contributed by atoms with Crippen LogP contribution < -0.4 is 10.6 Å². The Morgan fingerprint density at radius 1 is 0.792 bits per heavy atom. The second-order valence-corrected chi connectivity index (χ2v) is 9.31. The third-order valence-corrected chi connectivity index (χ3v) is 7.53. The number of nitrogens with one attached hydrogen (secondary N) is 2. The Labute approximate surface area is 175 Å². The Bertz CT molecular complexity index is 325. The summed E-state index contributed by atoms with van der Waals surface area (Å²) >= 11 is 11.6. The molecule has 1 aliphatic rings. The van der Waals surface area contributed by atoms with Crippen molar-refractivity contribution >= 4 is 45.0 Å². The van der Waals surface area contributed by atoms with Crippen LogP contribution in [0.2, 0.25) is 0 Å². The summed E-state index contributed by atoms with van der Waals surface area (Å²) in [7, 11) is 0. The quantitative estimate of drug-likeness (QED) is 0.387. The predicted octanol–water partition coefficient (Wildman–Crippen LogP) is 3.70. The Hall–Kier alpha value is 1.26. The van der Waals surface area contributed by atoms with E-state index in [4.69, 9.17) is 25.3 Å². The van der Waals surface area contributed by atoms with E-state index in [0.717, 1.165) is 45.3 Å². The van der Waals surface area contributed by atoms with Gasteiger partial charge in [0.25, 0.3) is 0 Å². The molecule has 0 aliphatic heterocycles. The maximum Gasteiger partial charge on any atom is 3.00 e. The van der Waals surface area contributed by atoms with Crippen molar-refractivity contribution in [1.29, 1.82) is 0 Å². The first-order valence-electron chi connectivity index (χ1n) is 9.73. The zero-order chi connectivity index (χ0) is 17.4. The zero-order valence-corrected chi connectivity index (χ0v) is 20.4. The molecule has 0 atom stereocenters. The van der Waals surface area contributed by atoms with Crippen LogP contribution in [0.15, 0.2) is 0 Å². The third-order valence-electron chi connectivity index (χ3n) is 6.08. The zero-order valence-electron chi connectivity index (χ0n) is 16.4. The summed E-state index contributed by atoms with van der Waals surface area (Å²) in [6, 6.07) is 0. The molecule has 1 saturated carbocycles. The van der Waals surface area contributed by atoms with Crippen LogP contribution >= 0.6 is 0 Å². The molecule has 24 heavy (non-hydrogen) atoms. The van der Waals surface area contributed by atoms with Crippen LogP contribution in [0.25, 0.3) is 0 Å². The van der Waals surface area contributed by atoms with Gasteiger partial charge in [-0.1, -0.05) is 72.6 Å². The summed E-state index contributed by atoms with van der Waals surface area (Å²) < 4.78 is 0.0313. The van der Waals surface area contributed by atoms with E-state index in [0.29, 0.717) is 0 Å². The van der Waals surface area contributed by atoms with Crippen molar-refractivity contribution in [3.05, 3.63) is 0 Å². The van der Waals surface area contributed by atoms with Gasteiger partial charge in [0.05, 0.1) is 0 Å². The molecule has 0 aromatic rings. The first-order chi connectivity index (χ1) is 10.9. The van der Waals surface area contributed by atoms with Gasteiger partial charge in [-0.25, -0.2) is 0 Å². The molecule has 0 unspecified atom stereocenters. The fourth-order valence-electron chi connectivity index (χ4n) is 3.52. The Balaban J connectivity index is 0.00000529. The van der Waals surface area contributed by atoms with Crippen LogP contribution in [-0.2, 0) is 25.3 Å². The van der Waals surface area contributed by atoms with Crippen molar-refractivity contribution in [3.8, 4) is 0 Å². The van der Waals surface area contributed by atoms with E-state index in [9.17, 15) is 0 Å². The minimum Gasteiger partial charge on any atom is -0.785 e. The van der Waals surface area contributed by atoms with Crippen molar-refractivity contribution in [2.45, 2.75) is 101 Å². The average molecular weight is 428 g/mol. The molecular weight excluding hydrogens is 390 g/mol. The van der Waals surface area contributed by atoms with E-state index in [1.165, 1.54) is 32.1 Å². The first kappa shape index (κ1) is 25.3. The molecular formula is C19H38GaN2S2+. The standard InChI is InChI=1S/C19H40N2S2.Ga/c1-5-18(22,6-2)15-20-14-17(12-10-9-11-13-17)21-16-19(23,7-3)8-4;/h20-23H,5-16H2,1-4H3;/q;+3/p-2. The molecule has 0 amide bonds. The number of hydrogen-bond acceptors (Lipinski definition) is 4. The van der Waals surface area contributed by atoms with Gasteiger partial charge in [-0.3, -0.25) is 0 Å². The van der Waals surface area contributed by atoms with Gasteiger partial charge in [0.2, 0.25) is 0 Å². The fourth-order valence-corrected chi connectivity index (χ4v) is 3.70. The summed E-state index contributed by atoms with van der Waals surface area (Å²) in [5.74, 6) is 0. The molecule has 0 aromatic heterocycles. The third kappa shape index (κ3) is 7.87. The molecule has 1 fully saturated rings. The Kier molecular flexibility index (Phi) is 12.5. The molecule has 0 heterocycles. The van der Waals surface area contributed by atoms with Crippen LogP contribution in [0, 0.1) is 0 Å². The van der Waals surface area contributed by atoms with Crippen LogP contribution in [0.1, 0.15) is 85.5 Å². The summed E-state index contributed by atoms with van der Waals surface area (Å²) in [6.45, 7) is 11.8. The molecule has 5 heteroatoms. The molecule has 1 aliphatic carbocycles. The van der Waals surface area contributed by atoms with Crippen LogP contribution in [-0.4, -0.2) is 54.5 Å².